The minimum Gasteiger partial charge on any atom is -0.394 e. The zero-order valence-corrected chi connectivity index (χ0v) is 8.86. The number of nitrogen functional groups attached to an aromatic ring is 1. The second-order valence-corrected chi connectivity index (χ2v) is 3.52. The molecule has 0 saturated heterocycles. The Balaban J connectivity index is 2.50. The fourth-order valence-electron chi connectivity index (χ4n) is 0.915. The maximum Gasteiger partial charge on any atom is 0.152 e. The minimum atomic E-state index is 0.435. The number of rotatable bonds is 4. The van der Waals surface area contributed by atoms with E-state index in [1.165, 1.54) is 6.33 Å². The third kappa shape index (κ3) is 2.85. The van der Waals surface area contributed by atoms with Crippen LogP contribution in [0.4, 0.5) is 11.5 Å². The zero-order chi connectivity index (χ0) is 10.6. The zero-order valence-electron chi connectivity index (χ0n) is 8.86. The molecule has 0 spiro atoms. The normalized spacial score (nSPS) is 12.9. The summed E-state index contributed by atoms with van der Waals surface area (Å²) in [5.41, 5.74) is 6.26. The maximum absolute atomic E-state index is 5.68. The fraction of sp³-hybridized carbons (Fsp3) is 0.556. The van der Waals surface area contributed by atoms with Gasteiger partial charge in [0.2, 0.25) is 0 Å². The molecule has 5 nitrogen and oxygen atoms in total. The van der Waals surface area contributed by atoms with Crippen LogP contribution in [0.3, 0.4) is 0 Å². The topological polar surface area (TPSA) is 67.1 Å². The van der Waals surface area contributed by atoms with Gasteiger partial charge < -0.3 is 16.0 Å². The number of nitrogens with two attached hydrogens (primary N) is 1. The molecule has 78 valence electrons. The van der Waals surface area contributed by atoms with Crippen molar-refractivity contribution in [3.05, 3.63) is 12.5 Å². The summed E-state index contributed by atoms with van der Waals surface area (Å²) < 4.78 is 0. The molecule has 1 aromatic heterocycles. The summed E-state index contributed by atoms with van der Waals surface area (Å²) in [4.78, 5) is 9.99. The van der Waals surface area contributed by atoms with Crippen LogP contribution < -0.4 is 11.1 Å². The number of aromatic nitrogens is 2. The molecule has 1 rings (SSSR count). The van der Waals surface area contributed by atoms with Crippen LogP contribution in [0.25, 0.3) is 0 Å². The van der Waals surface area contributed by atoms with Gasteiger partial charge in [0.05, 0.1) is 11.9 Å². The van der Waals surface area contributed by atoms with Crippen molar-refractivity contribution in [1.29, 1.82) is 0 Å². The van der Waals surface area contributed by atoms with E-state index in [9.17, 15) is 0 Å². The quantitative estimate of drug-likeness (QED) is 0.729. The molecule has 0 aliphatic rings. The summed E-state index contributed by atoms with van der Waals surface area (Å²) in [7, 11) is 4.07. The highest BCUT2D eigenvalue weighted by atomic mass is 15.1. The van der Waals surface area contributed by atoms with Gasteiger partial charge in [0, 0.05) is 12.6 Å². The third-order valence-corrected chi connectivity index (χ3v) is 2.19. The minimum absolute atomic E-state index is 0.435. The Labute approximate surface area is 84.3 Å². The van der Waals surface area contributed by atoms with Crippen LogP contribution in [0.15, 0.2) is 12.5 Å². The van der Waals surface area contributed by atoms with Gasteiger partial charge in [-0.2, -0.15) is 0 Å². The van der Waals surface area contributed by atoms with Gasteiger partial charge in [-0.05, 0) is 21.0 Å². The van der Waals surface area contributed by atoms with E-state index < -0.39 is 0 Å². The third-order valence-electron chi connectivity index (χ3n) is 2.19. The number of anilines is 2. The molecule has 0 saturated carbocycles. The molecule has 3 N–H and O–H groups in total. The molecule has 0 bridgehead atoms. The van der Waals surface area contributed by atoms with E-state index in [0.29, 0.717) is 17.5 Å². The number of likely N-dealkylation sites (N-methyl/N-ethyl adjacent to an activating group) is 1. The Morgan fingerprint density at radius 2 is 2.29 bits per heavy atom. The van der Waals surface area contributed by atoms with Gasteiger partial charge in [-0.25, -0.2) is 9.97 Å². The van der Waals surface area contributed by atoms with Gasteiger partial charge in [0.15, 0.2) is 5.82 Å². The number of nitrogens with zero attached hydrogens (tertiary/aromatic N) is 3. The van der Waals surface area contributed by atoms with Crippen LogP contribution >= 0.6 is 0 Å². The second-order valence-electron chi connectivity index (χ2n) is 3.52. The van der Waals surface area contributed by atoms with Crippen molar-refractivity contribution in [2.24, 2.45) is 0 Å². The van der Waals surface area contributed by atoms with Crippen LogP contribution in [0.1, 0.15) is 6.92 Å². The Hall–Kier alpha value is -1.36. The van der Waals surface area contributed by atoms with Crippen LogP contribution in [0.5, 0.6) is 0 Å². The molecule has 1 unspecified atom stereocenters. The monoisotopic (exact) mass is 195 g/mol. The second kappa shape index (κ2) is 4.76. The van der Waals surface area contributed by atoms with Gasteiger partial charge in [-0.3, -0.25) is 0 Å². The molecule has 1 atom stereocenters. The lowest BCUT2D eigenvalue weighted by Gasteiger charge is -2.20. The van der Waals surface area contributed by atoms with Crippen molar-refractivity contribution >= 4 is 11.5 Å². The summed E-state index contributed by atoms with van der Waals surface area (Å²) in [6.07, 6.45) is 3.08. The highest BCUT2D eigenvalue weighted by molar-refractivity contribution is 5.58. The molecule has 0 aromatic carbocycles. The fourth-order valence-corrected chi connectivity index (χ4v) is 0.915. The lowest BCUT2D eigenvalue weighted by Crippen LogP contribution is -2.31. The molecular formula is C9H17N5. The van der Waals surface area contributed by atoms with Gasteiger partial charge in [0.1, 0.15) is 6.33 Å². The van der Waals surface area contributed by atoms with E-state index in [1.54, 1.807) is 6.20 Å². The van der Waals surface area contributed by atoms with Gasteiger partial charge in [-0.1, -0.05) is 0 Å². The molecule has 0 aliphatic carbocycles. The van der Waals surface area contributed by atoms with Gasteiger partial charge in [-0.15, -0.1) is 0 Å². The van der Waals surface area contributed by atoms with Gasteiger partial charge >= 0.3 is 0 Å². The van der Waals surface area contributed by atoms with Crippen molar-refractivity contribution in [1.82, 2.24) is 14.9 Å². The molecule has 0 radical (unpaired) electrons. The SMILES string of the molecule is CC(CNc1ncncc1N)N(C)C. The van der Waals surface area contributed by atoms with E-state index >= 15 is 0 Å². The molecular weight excluding hydrogens is 178 g/mol. The molecule has 0 amide bonds. The average molecular weight is 195 g/mol. The van der Waals surface area contributed by atoms with Crippen LogP contribution in [0, 0.1) is 0 Å². The Bertz CT molecular complexity index is 286. The molecule has 1 heterocycles. The molecule has 14 heavy (non-hydrogen) atoms. The summed E-state index contributed by atoms with van der Waals surface area (Å²) >= 11 is 0. The van der Waals surface area contributed by atoms with Crippen molar-refractivity contribution in [2.75, 3.05) is 31.7 Å². The first-order chi connectivity index (χ1) is 6.61. The lowest BCUT2D eigenvalue weighted by molar-refractivity contribution is 0.326. The maximum atomic E-state index is 5.68. The van der Waals surface area contributed by atoms with Crippen LogP contribution in [0.2, 0.25) is 0 Å². The summed E-state index contributed by atoms with van der Waals surface area (Å²) in [5, 5.41) is 3.18. The van der Waals surface area contributed by atoms with Crippen LogP contribution in [-0.4, -0.2) is 41.5 Å². The smallest absolute Gasteiger partial charge is 0.152 e. The molecule has 0 fully saturated rings. The highest BCUT2D eigenvalue weighted by Crippen LogP contribution is 2.11. The van der Waals surface area contributed by atoms with Crippen molar-refractivity contribution < 1.29 is 0 Å². The predicted octanol–water partition coefficient (Wildman–Crippen LogP) is 0.421. The summed E-state index contributed by atoms with van der Waals surface area (Å²) in [6.45, 7) is 2.94. The van der Waals surface area contributed by atoms with Gasteiger partial charge in [0.25, 0.3) is 0 Å². The number of nitrogens with one attached hydrogen (secondary N) is 1. The molecule has 5 heteroatoms. The Kier molecular flexibility index (Phi) is 3.64. The van der Waals surface area contributed by atoms with Crippen molar-refractivity contribution in [3.63, 3.8) is 0 Å². The lowest BCUT2D eigenvalue weighted by atomic mass is 10.3. The Morgan fingerprint density at radius 3 is 2.86 bits per heavy atom. The number of hydrogen-bond acceptors (Lipinski definition) is 5. The van der Waals surface area contributed by atoms with Crippen LogP contribution in [-0.2, 0) is 0 Å². The first kappa shape index (κ1) is 10.7. The van der Waals surface area contributed by atoms with Crippen molar-refractivity contribution in [3.8, 4) is 0 Å². The van der Waals surface area contributed by atoms with E-state index in [-0.39, 0.29) is 0 Å². The first-order valence-corrected chi connectivity index (χ1v) is 4.57. The predicted molar refractivity (Wildman–Crippen MR) is 58.1 cm³/mol. The van der Waals surface area contributed by atoms with Crippen molar-refractivity contribution in [2.45, 2.75) is 13.0 Å². The van der Waals surface area contributed by atoms with E-state index in [0.717, 1.165) is 6.54 Å². The summed E-state index contributed by atoms with van der Waals surface area (Å²) in [5.74, 6) is 0.703. The molecule has 1 aromatic rings. The standard InChI is InChI=1S/C9H17N5/c1-7(14(2)3)4-12-9-8(10)5-11-6-13-9/h5-7H,4,10H2,1-3H3,(H,11,12,13). The van der Waals surface area contributed by atoms with E-state index in [4.69, 9.17) is 5.73 Å². The van der Waals surface area contributed by atoms with E-state index in [1.807, 2.05) is 14.1 Å². The largest absolute Gasteiger partial charge is 0.394 e. The van der Waals surface area contributed by atoms with E-state index in [2.05, 4.69) is 27.1 Å². The molecule has 0 aliphatic heterocycles. The summed E-state index contributed by atoms with van der Waals surface area (Å²) in [6, 6.07) is 0.435. The number of hydrogen-bond donors (Lipinski definition) is 2. The Morgan fingerprint density at radius 1 is 1.57 bits per heavy atom. The highest BCUT2D eigenvalue weighted by Gasteiger charge is 2.05. The average Bonchev–Trinajstić information content (AvgIpc) is 2.16. The first-order valence-electron chi connectivity index (χ1n) is 4.57.